The summed E-state index contributed by atoms with van der Waals surface area (Å²) in [5.74, 6) is -0.175. The topological polar surface area (TPSA) is 49.3 Å². The summed E-state index contributed by atoms with van der Waals surface area (Å²) in [6.07, 6.45) is 0.607. The lowest BCUT2D eigenvalue weighted by atomic mass is 10.1. The molecule has 0 spiro atoms. The summed E-state index contributed by atoms with van der Waals surface area (Å²) in [5, 5.41) is 12.3. The number of aliphatic hydroxyl groups excluding tert-OH is 1. The van der Waals surface area contributed by atoms with Gasteiger partial charge in [0, 0.05) is 10.0 Å². The average molecular weight is 348 g/mol. The fraction of sp³-hybridized carbons (Fsp3) is 0.235. The lowest BCUT2D eigenvalue weighted by molar-refractivity contribution is 0.0916. The normalized spacial score (nSPS) is 12.0. The number of carbonyl (C=O) groups is 1. The van der Waals surface area contributed by atoms with Crippen LogP contribution in [0.3, 0.4) is 0 Å². The number of amides is 1. The van der Waals surface area contributed by atoms with Gasteiger partial charge < -0.3 is 10.4 Å². The van der Waals surface area contributed by atoms with E-state index in [0.717, 1.165) is 15.6 Å². The van der Waals surface area contributed by atoms with Crippen LogP contribution in [0.4, 0.5) is 0 Å². The van der Waals surface area contributed by atoms with Crippen LogP contribution < -0.4 is 5.32 Å². The van der Waals surface area contributed by atoms with Crippen molar-refractivity contribution in [3.05, 3.63) is 69.7 Å². The van der Waals surface area contributed by atoms with Crippen LogP contribution in [0.1, 0.15) is 21.5 Å². The van der Waals surface area contributed by atoms with Crippen molar-refractivity contribution < 1.29 is 9.90 Å². The van der Waals surface area contributed by atoms with Gasteiger partial charge in [-0.3, -0.25) is 4.79 Å². The molecule has 1 unspecified atom stereocenters. The van der Waals surface area contributed by atoms with Crippen LogP contribution in [0.25, 0.3) is 0 Å². The van der Waals surface area contributed by atoms with Crippen molar-refractivity contribution in [2.75, 3.05) is 6.61 Å². The summed E-state index contributed by atoms with van der Waals surface area (Å²) < 4.78 is 0.902. The molecule has 0 heterocycles. The zero-order valence-electron chi connectivity index (χ0n) is 11.8. The van der Waals surface area contributed by atoms with Gasteiger partial charge in [0.1, 0.15) is 0 Å². The molecule has 2 rings (SSSR count). The summed E-state index contributed by atoms with van der Waals surface area (Å²) in [4.78, 5) is 12.2. The van der Waals surface area contributed by atoms with Gasteiger partial charge in [-0.05, 0) is 36.6 Å². The molecule has 0 bridgehead atoms. The summed E-state index contributed by atoms with van der Waals surface area (Å²) in [6, 6.07) is 15.0. The second-order valence-electron chi connectivity index (χ2n) is 5.01. The largest absolute Gasteiger partial charge is 0.394 e. The highest BCUT2D eigenvalue weighted by Gasteiger charge is 2.14. The first-order valence-corrected chi connectivity index (χ1v) is 7.61. The fourth-order valence-electron chi connectivity index (χ4n) is 2.06. The molecular formula is C17H18BrNO2. The van der Waals surface area contributed by atoms with E-state index in [2.05, 4.69) is 21.2 Å². The number of rotatable bonds is 5. The maximum Gasteiger partial charge on any atom is 0.251 e. The van der Waals surface area contributed by atoms with Crippen molar-refractivity contribution in [3.8, 4) is 0 Å². The molecule has 0 aliphatic heterocycles. The second-order valence-corrected chi connectivity index (χ2v) is 5.86. The SMILES string of the molecule is Cc1ccc(C(=O)NC(CO)Cc2ccccc2)cc1Br. The second kappa shape index (κ2) is 7.38. The van der Waals surface area contributed by atoms with Crippen molar-refractivity contribution >= 4 is 21.8 Å². The summed E-state index contributed by atoms with van der Waals surface area (Å²) >= 11 is 3.42. The summed E-state index contributed by atoms with van der Waals surface area (Å²) in [5.41, 5.74) is 2.75. The van der Waals surface area contributed by atoms with E-state index in [1.807, 2.05) is 43.3 Å². The minimum absolute atomic E-state index is 0.0896. The molecule has 0 aromatic heterocycles. The molecule has 0 aliphatic carbocycles. The number of aryl methyl sites for hydroxylation is 1. The number of benzene rings is 2. The molecule has 3 nitrogen and oxygen atoms in total. The standard InChI is InChI=1S/C17H18BrNO2/c1-12-7-8-14(10-16(12)18)17(21)19-15(11-20)9-13-5-3-2-4-6-13/h2-8,10,15,20H,9,11H2,1H3,(H,19,21). The van der Waals surface area contributed by atoms with Gasteiger partial charge >= 0.3 is 0 Å². The Balaban J connectivity index is 2.04. The quantitative estimate of drug-likeness (QED) is 0.872. The van der Waals surface area contributed by atoms with Gasteiger partial charge in [0.2, 0.25) is 0 Å². The molecule has 0 aliphatic rings. The van der Waals surface area contributed by atoms with E-state index in [4.69, 9.17) is 0 Å². The van der Waals surface area contributed by atoms with Crippen LogP contribution in [0.5, 0.6) is 0 Å². The fourth-order valence-corrected chi connectivity index (χ4v) is 2.44. The third kappa shape index (κ3) is 4.41. The van der Waals surface area contributed by atoms with Gasteiger partial charge in [0.15, 0.2) is 0 Å². The molecular weight excluding hydrogens is 330 g/mol. The van der Waals surface area contributed by atoms with Gasteiger partial charge in [-0.1, -0.05) is 52.3 Å². The Labute approximate surface area is 133 Å². The van der Waals surface area contributed by atoms with Crippen LogP contribution in [0.2, 0.25) is 0 Å². The molecule has 110 valence electrons. The first-order chi connectivity index (χ1) is 10.1. The molecule has 0 saturated carbocycles. The molecule has 0 fully saturated rings. The molecule has 4 heteroatoms. The van der Waals surface area contributed by atoms with Crippen LogP contribution in [0, 0.1) is 6.92 Å². The Morgan fingerprint density at radius 1 is 1.24 bits per heavy atom. The van der Waals surface area contributed by atoms with Crippen molar-refractivity contribution in [3.63, 3.8) is 0 Å². The molecule has 1 atom stereocenters. The molecule has 2 aromatic rings. The van der Waals surface area contributed by atoms with E-state index < -0.39 is 0 Å². The maximum atomic E-state index is 12.2. The van der Waals surface area contributed by atoms with Gasteiger partial charge in [0.25, 0.3) is 5.91 Å². The lowest BCUT2D eigenvalue weighted by Crippen LogP contribution is -2.39. The van der Waals surface area contributed by atoms with Crippen LogP contribution in [0.15, 0.2) is 53.0 Å². The van der Waals surface area contributed by atoms with Crippen LogP contribution in [-0.2, 0) is 6.42 Å². The molecule has 0 radical (unpaired) electrons. The number of halogens is 1. The zero-order valence-corrected chi connectivity index (χ0v) is 13.4. The molecule has 0 saturated heterocycles. The molecule has 2 N–H and O–H groups in total. The highest BCUT2D eigenvalue weighted by Crippen LogP contribution is 2.17. The molecule has 2 aromatic carbocycles. The highest BCUT2D eigenvalue weighted by molar-refractivity contribution is 9.10. The first kappa shape index (κ1) is 15.7. The molecule has 1 amide bonds. The minimum Gasteiger partial charge on any atom is -0.394 e. The van der Waals surface area contributed by atoms with E-state index in [0.29, 0.717) is 12.0 Å². The van der Waals surface area contributed by atoms with Gasteiger partial charge in [-0.2, -0.15) is 0 Å². The third-order valence-corrected chi connectivity index (χ3v) is 4.17. The number of hydrogen-bond acceptors (Lipinski definition) is 2. The monoisotopic (exact) mass is 347 g/mol. The van der Waals surface area contributed by atoms with E-state index >= 15 is 0 Å². The number of carbonyl (C=O) groups excluding carboxylic acids is 1. The van der Waals surface area contributed by atoms with E-state index in [9.17, 15) is 9.90 Å². The van der Waals surface area contributed by atoms with E-state index in [-0.39, 0.29) is 18.6 Å². The average Bonchev–Trinajstić information content (AvgIpc) is 2.50. The van der Waals surface area contributed by atoms with E-state index in [1.165, 1.54) is 0 Å². The van der Waals surface area contributed by atoms with Crippen molar-refractivity contribution in [1.82, 2.24) is 5.32 Å². The van der Waals surface area contributed by atoms with Crippen LogP contribution >= 0.6 is 15.9 Å². The third-order valence-electron chi connectivity index (χ3n) is 3.31. The Hall–Kier alpha value is -1.65. The van der Waals surface area contributed by atoms with Crippen LogP contribution in [-0.4, -0.2) is 23.7 Å². The number of aliphatic hydroxyl groups is 1. The van der Waals surface area contributed by atoms with Gasteiger partial charge in [-0.25, -0.2) is 0 Å². The lowest BCUT2D eigenvalue weighted by Gasteiger charge is -2.16. The van der Waals surface area contributed by atoms with Crippen molar-refractivity contribution in [1.29, 1.82) is 0 Å². The maximum absolute atomic E-state index is 12.2. The Bertz CT molecular complexity index is 613. The van der Waals surface area contributed by atoms with Gasteiger partial charge in [0.05, 0.1) is 12.6 Å². The predicted octanol–water partition coefficient (Wildman–Crippen LogP) is 3.09. The number of hydrogen-bond donors (Lipinski definition) is 2. The molecule has 21 heavy (non-hydrogen) atoms. The van der Waals surface area contributed by atoms with E-state index in [1.54, 1.807) is 12.1 Å². The Kier molecular flexibility index (Phi) is 5.53. The minimum atomic E-state index is -0.292. The summed E-state index contributed by atoms with van der Waals surface area (Å²) in [7, 11) is 0. The van der Waals surface area contributed by atoms with Gasteiger partial charge in [-0.15, -0.1) is 0 Å². The summed E-state index contributed by atoms with van der Waals surface area (Å²) in [6.45, 7) is 1.88. The van der Waals surface area contributed by atoms with Crippen molar-refractivity contribution in [2.45, 2.75) is 19.4 Å². The smallest absolute Gasteiger partial charge is 0.251 e. The zero-order chi connectivity index (χ0) is 15.2. The predicted molar refractivity (Wildman–Crippen MR) is 87.4 cm³/mol. The van der Waals surface area contributed by atoms with Crippen molar-refractivity contribution in [2.24, 2.45) is 0 Å². The first-order valence-electron chi connectivity index (χ1n) is 6.82. The Morgan fingerprint density at radius 2 is 1.95 bits per heavy atom. The Morgan fingerprint density at radius 3 is 2.57 bits per heavy atom. The number of nitrogens with one attached hydrogen (secondary N) is 1. The highest BCUT2D eigenvalue weighted by atomic mass is 79.9.